The maximum atomic E-state index is 5.81. The molecular formula is C22H25N3. The largest absolute Gasteiger partial charge is 0.399 e. The fraction of sp³-hybridized carbons (Fsp3) is 0.182. The van der Waals surface area contributed by atoms with Crippen molar-refractivity contribution in [3.63, 3.8) is 0 Å². The third-order valence-corrected chi connectivity index (χ3v) is 4.51. The lowest BCUT2D eigenvalue weighted by Crippen LogP contribution is -2.12. The summed E-state index contributed by atoms with van der Waals surface area (Å²) < 4.78 is 0. The van der Waals surface area contributed by atoms with E-state index in [1.165, 1.54) is 16.7 Å². The van der Waals surface area contributed by atoms with Crippen molar-refractivity contribution in [1.82, 2.24) is 0 Å². The Morgan fingerprint density at radius 3 is 0.920 bits per heavy atom. The molecule has 0 radical (unpaired) electrons. The molecule has 0 fully saturated rings. The van der Waals surface area contributed by atoms with E-state index in [2.05, 4.69) is 36.4 Å². The Labute approximate surface area is 149 Å². The number of hydrogen-bond acceptors (Lipinski definition) is 3. The average molecular weight is 331 g/mol. The molecule has 3 aromatic carbocycles. The summed E-state index contributed by atoms with van der Waals surface area (Å²) in [5.41, 5.74) is 23.8. The molecule has 0 saturated carbocycles. The van der Waals surface area contributed by atoms with Crippen molar-refractivity contribution in [2.45, 2.75) is 19.3 Å². The SMILES string of the molecule is Nc1ccc(CC(Cc2ccc(N)cc2)Cc2ccc(N)cc2)cc1. The predicted molar refractivity (Wildman–Crippen MR) is 107 cm³/mol. The Bertz CT molecular complexity index is 677. The van der Waals surface area contributed by atoms with Gasteiger partial charge in [-0.3, -0.25) is 0 Å². The fourth-order valence-electron chi connectivity index (χ4n) is 3.18. The molecular weight excluding hydrogens is 306 g/mol. The van der Waals surface area contributed by atoms with Gasteiger partial charge in [0.05, 0.1) is 0 Å². The fourth-order valence-corrected chi connectivity index (χ4v) is 3.18. The van der Waals surface area contributed by atoms with Gasteiger partial charge in [0.2, 0.25) is 0 Å². The van der Waals surface area contributed by atoms with Crippen LogP contribution >= 0.6 is 0 Å². The van der Waals surface area contributed by atoms with Crippen molar-refractivity contribution >= 4 is 17.1 Å². The van der Waals surface area contributed by atoms with Crippen LogP contribution in [0, 0.1) is 5.92 Å². The smallest absolute Gasteiger partial charge is 0.0314 e. The van der Waals surface area contributed by atoms with E-state index in [1.807, 2.05) is 36.4 Å². The minimum atomic E-state index is 0.496. The molecule has 0 aliphatic heterocycles. The van der Waals surface area contributed by atoms with E-state index in [9.17, 15) is 0 Å². The van der Waals surface area contributed by atoms with Crippen molar-refractivity contribution in [2.24, 2.45) is 5.92 Å². The molecule has 3 aromatic rings. The van der Waals surface area contributed by atoms with Gasteiger partial charge in [0.15, 0.2) is 0 Å². The van der Waals surface area contributed by atoms with Crippen LogP contribution in [0.5, 0.6) is 0 Å². The number of benzene rings is 3. The molecule has 6 N–H and O–H groups in total. The maximum Gasteiger partial charge on any atom is 0.0314 e. The summed E-state index contributed by atoms with van der Waals surface area (Å²) >= 11 is 0. The zero-order valence-electron chi connectivity index (χ0n) is 14.4. The zero-order valence-corrected chi connectivity index (χ0v) is 14.4. The summed E-state index contributed by atoms with van der Waals surface area (Å²) in [4.78, 5) is 0. The molecule has 0 aromatic heterocycles. The molecule has 0 heterocycles. The van der Waals surface area contributed by atoms with E-state index in [-0.39, 0.29) is 0 Å². The summed E-state index contributed by atoms with van der Waals surface area (Å²) in [7, 11) is 0. The van der Waals surface area contributed by atoms with Crippen LogP contribution < -0.4 is 17.2 Å². The van der Waals surface area contributed by atoms with Gasteiger partial charge >= 0.3 is 0 Å². The first-order chi connectivity index (χ1) is 12.1. The van der Waals surface area contributed by atoms with E-state index in [0.717, 1.165) is 36.3 Å². The minimum Gasteiger partial charge on any atom is -0.399 e. The summed E-state index contributed by atoms with van der Waals surface area (Å²) in [6.45, 7) is 0. The van der Waals surface area contributed by atoms with Gasteiger partial charge in [0, 0.05) is 17.1 Å². The summed E-state index contributed by atoms with van der Waals surface area (Å²) in [6.07, 6.45) is 3.03. The second-order valence-corrected chi connectivity index (χ2v) is 6.70. The van der Waals surface area contributed by atoms with Gasteiger partial charge < -0.3 is 17.2 Å². The van der Waals surface area contributed by atoms with Crippen LogP contribution in [0.3, 0.4) is 0 Å². The van der Waals surface area contributed by atoms with Gasteiger partial charge in [0.1, 0.15) is 0 Å². The van der Waals surface area contributed by atoms with Gasteiger partial charge in [-0.15, -0.1) is 0 Å². The predicted octanol–water partition coefficient (Wildman–Crippen LogP) is 4.08. The number of anilines is 3. The highest BCUT2D eigenvalue weighted by atomic mass is 14.5. The lowest BCUT2D eigenvalue weighted by molar-refractivity contribution is 0.518. The lowest BCUT2D eigenvalue weighted by Gasteiger charge is -2.18. The minimum absolute atomic E-state index is 0.496. The third kappa shape index (κ3) is 5.01. The van der Waals surface area contributed by atoms with Crippen molar-refractivity contribution in [3.8, 4) is 0 Å². The molecule has 3 rings (SSSR count). The van der Waals surface area contributed by atoms with Gasteiger partial charge in [-0.1, -0.05) is 36.4 Å². The Morgan fingerprint density at radius 1 is 0.440 bits per heavy atom. The molecule has 25 heavy (non-hydrogen) atoms. The second-order valence-electron chi connectivity index (χ2n) is 6.70. The van der Waals surface area contributed by atoms with Crippen LogP contribution in [0.1, 0.15) is 16.7 Å². The quantitative estimate of drug-likeness (QED) is 0.596. The third-order valence-electron chi connectivity index (χ3n) is 4.51. The number of hydrogen-bond donors (Lipinski definition) is 3. The number of nitrogens with two attached hydrogens (primary N) is 3. The van der Waals surface area contributed by atoms with Crippen molar-refractivity contribution in [2.75, 3.05) is 17.2 Å². The highest BCUT2D eigenvalue weighted by molar-refractivity contribution is 5.41. The van der Waals surface area contributed by atoms with Crippen molar-refractivity contribution in [3.05, 3.63) is 89.5 Å². The summed E-state index contributed by atoms with van der Waals surface area (Å²) in [5.74, 6) is 0.496. The summed E-state index contributed by atoms with van der Waals surface area (Å²) in [5, 5.41) is 0. The maximum absolute atomic E-state index is 5.81. The molecule has 0 saturated heterocycles. The topological polar surface area (TPSA) is 78.1 Å². The zero-order chi connectivity index (χ0) is 17.6. The van der Waals surface area contributed by atoms with Crippen molar-refractivity contribution in [1.29, 1.82) is 0 Å². The molecule has 0 aliphatic carbocycles. The van der Waals surface area contributed by atoms with E-state index >= 15 is 0 Å². The second kappa shape index (κ2) is 7.75. The Hall–Kier alpha value is -2.94. The van der Waals surface area contributed by atoms with Gasteiger partial charge in [-0.05, 0) is 78.3 Å². The van der Waals surface area contributed by atoms with Crippen LogP contribution in [-0.2, 0) is 19.3 Å². The first-order valence-corrected chi connectivity index (χ1v) is 8.62. The normalized spacial score (nSPS) is 10.9. The van der Waals surface area contributed by atoms with Crippen LogP contribution in [0.4, 0.5) is 17.1 Å². The first kappa shape index (κ1) is 16.9. The molecule has 3 heteroatoms. The number of rotatable bonds is 6. The highest BCUT2D eigenvalue weighted by Gasteiger charge is 2.12. The Balaban J connectivity index is 1.77. The van der Waals surface area contributed by atoms with Crippen molar-refractivity contribution < 1.29 is 0 Å². The summed E-state index contributed by atoms with van der Waals surface area (Å²) in [6, 6.07) is 24.5. The molecule has 3 nitrogen and oxygen atoms in total. The molecule has 0 spiro atoms. The van der Waals surface area contributed by atoms with Crippen LogP contribution in [0.2, 0.25) is 0 Å². The lowest BCUT2D eigenvalue weighted by atomic mass is 9.87. The van der Waals surface area contributed by atoms with Gasteiger partial charge in [-0.2, -0.15) is 0 Å². The van der Waals surface area contributed by atoms with E-state index in [4.69, 9.17) is 17.2 Å². The molecule has 0 bridgehead atoms. The molecule has 0 atom stereocenters. The van der Waals surface area contributed by atoms with Crippen LogP contribution in [0.15, 0.2) is 72.8 Å². The van der Waals surface area contributed by atoms with Crippen LogP contribution in [0.25, 0.3) is 0 Å². The molecule has 128 valence electrons. The molecule has 0 unspecified atom stereocenters. The highest BCUT2D eigenvalue weighted by Crippen LogP contribution is 2.21. The monoisotopic (exact) mass is 331 g/mol. The Kier molecular flexibility index (Phi) is 5.24. The Morgan fingerprint density at radius 2 is 0.680 bits per heavy atom. The van der Waals surface area contributed by atoms with E-state index in [0.29, 0.717) is 5.92 Å². The first-order valence-electron chi connectivity index (χ1n) is 8.62. The van der Waals surface area contributed by atoms with Crippen LogP contribution in [-0.4, -0.2) is 0 Å². The molecule has 0 amide bonds. The van der Waals surface area contributed by atoms with Gasteiger partial charge in [0.25, 0.3) is 0 Å². The average Bonchev–Trinajstić information content (AvgIpc) is 2.61. The van der Waals surface area contributed by atoms with E-state index < -0.39 is 0 Å². The number of nitrogen functional groups attached to an aromatic ring is 3. The van der Waals surface area contributed by atoms with Gasteiger partial charge in [-0.25, -0.2) is 0 Å². The molecule has 0 aliphatic rings. The standard InChI is InChI=1S/C22H25N3/c23-20-7-1-16(2-8-20)13-19(14-17-3-9-21(24)10-4-17)15-18-5-11-22(25)12-6-18/h1-12,19H,13-15,23-25H2. The van der Waals surface area contributed by atoms with E-state index in [1.54, 1.807) is 0 Å².